The lowest BCUT2D eigenvalue weighted by Gasteiger charge is -2.09. The number of unbranched alkanes of at least 4 members (excludes halogenated alkanes) is 18. The summed E-state index contributed by atoms with van der Waals surface area (Å²) in [6.45, 7) is 4.51. The topological polar surface area (TPSA) is 52.6 Å². The predicted octanol–water partition coefficient (Wildman–Crippen LogP) is 14.9. The summed E-state index contributed by atoms with van der Waals surface area (Å²) in [6, 6.07) is 22.1. The molecule has 0 saturated heterocycles. The first kappa shape index (κ1) is 44.5. The molecule has 3 aromatic rings. The molecule has 0 fully saturated rings. The average molecular weight is 735 g/mol. The van der Waals surface area contributed by atoms with Crippen molar-refractivity contribution in [2.45, 2.75) is 168 Å². The normalized spacial score (nSPS) is 11.4. The lowest BCUT2D eigenvalue weighted by atomic mass is 10.0. The maximum Gasteiger partial charge on any atom is 0.343 e. The van der Waals surface area contributed by atoms with Crippen LogP contribution in [0.4, 0.5) is 0 Å². The lowest BCUT2D eigenvalue weighted by molar-refractivity contribution is 0.0734. The van der Waals surface area contributed by atoms with Gasteiger partial charge in [0.1, 0.15) is 11.5 Å². The monoisotopic (exact) mass is 735 g/mol. The first-order valence-electron chi connectivity index (χ1n) is 21.6. The number of allylic oxidation sites excluding steroid dienone is 4. The molecule has 0 spiro atoms. The molecule has 3 aromatic carbocycles. The van der Waals surface area contributed by atoms with Gasteiger partial charge in [-0.2, -0.15) is 0 Å². The second-order valence-corrected chi connectivity index (χ2v) is 14.9. The summed E-state index contributed by atoms with van der Waals surface area (Å²) in [5, 5.41) is 0. The standard InChI is InChI=1S/C50H70O4/c1-3-5-7-9-11-13-15-17-19-21-23-25-27-32-43-34-29-38-47(40-43)53-49(51)45-36-31-37-46(42-45)50(52)54-48-39-30-35-44(41-48)33-28-26-24-22-20-18-16-14-12-10-8-6-4-2/h13-16,29-31,34-42H,3-12,17-28,32-33H2,1-2H3/b15-13-,16-14+. The molecule has 0 saturated carbocycles. The minimum atomic E-state index is -0.493. The summed E-state index contributed by atoms with van der Waals surface area (Å²) in [6.07, 6.45) is 39.1. The van der Waals surface area contributed by atoms with Gasteiger partial charge in [0.2, 0.25) is 0 Å². The molecule has 0 aromatic heterocycles. The van der Waals surface area contributed by atoms with Crippen LogP contribution in [0.3, 0.4) is 0 Å². The maximum atomic E-state index is 13.1. The van der Waals surface area contributed by atoms with Gasteiger partial charge in [0, 0.05) is 0 Å². The molecule has 0 aliphatic rings. The maximum absolute atomic E-state index is 13.1. The molecule has 4 nitrogen and oxygen atoms in total. The zero-order valence-electron chi connectivity index (χ0n) is 33.8. The second-order valence-electron chi connectivity index (χ2n) is 14.9. The number of carbonyl (C=O) groups is 2. The van der Waals surface area contributed by atoms with Crippen LogP contribution in [0.1, 0.15) is 187 Å². The fourth-order valence-corrected chi connectivity index (χ4v) is 6.73. The van der Waals surface area contributed by atoms with Gasteiger partial charge in [-0.3, -0.25) is 0 Å². The van der Waals surface area contributed by atoms with Crippen molar-refractivity contribution in [2.24, 2.45) is 0 Å². The van der Waals surface area contributed by atoms with Gasteiger partial charge >= 0.3 is 11.9 Å². The Morgan fingerprint density at radius 1 is 0.426 bits per heavy atom. The van der Waals surface area contributed by atoms with Crippen LogP contribution in [0.2, 0.25) is 0 Å². The van der Waals surface area contributed by atoms with Crippen LogP contribution < -0.4 is 9.47 Å². The van der Waals surface area contributed by atoms with E-state index in [4.69, 9.17) is 9.47 Å². The van der Waals surface area contributed by atoms with Gasteiger partial charge in [-0.1, -0.05) is 146 Å². The fourth-order valence-electron chi connectivity index (χ4n) is 6.73. The molecule has 0 amide bonds. The van der Waals surface area contributed by atoms with Gasteiger partial charge in [0.05, 0.1) is 11.1 Å². The molecule has 0 bridgehead atoms. The van der Waals surface area contributed by atoms with Gasteiger partial charge in [-0.25, -0.2) is 9.59 Å². The van der Waals surface area contributed by atoms with Crippen LogP contribution in [-0.4, -0.2) is 11.9 Å². The quantitative estimate of drug-likeness (QED) is 0.0296. The van der Waals surface area contributed by atoms with E-state index in [-0.39, 0.29) is 0 Å². The summed E-state index contributed by atoms with van der Waals surface area (Å²) < 4.78 is 11.5. The van der Waals surface area contributed by atoms with Crippen LogP contribution >= 0.6 is 0 Å². The third kappa shape index (κ3) is 20.5. The highest BCUT2D eigenvalue weighted by Crippen LogP contribution is 2.21. The number of esters is 2. The minimum Gasteiger partial charge on any atom is -0.423 e. The number of hydrogen-bond acceptors (Lipinski definition) is 4. The third-order valence-electron chi connectivity index (χ3n) is 10.0. The van der Waals surface area contributed by atoms with Gasteiger partial charge in [-0.05, 0) is 131 Å². The molecule has 0 heterocycles. The van der Waals surface area contributed by atoms with Crippen molar-refractivity contribution in [3.05, 3.63) is 119 Å². The summed E-state index contributed by atoms with van der Waals surface area (Å²) in [5.74, 6) is 0.0509. The van der Waals surface area contributed by atoms with E-state index in [1.807, 2.05) is 24.3 Å². The van der Waals surface area contributed by atoms with Crippen molar-refractivity contribution in [3.63, 3.8) is 0 Å². The Kier molecular flexibility index (Phi) is 24.2. The van der Waals surface area contributed by atoms with Crippen molar-refractivity contribution in [2.75, 3.05) is 0 Å². The van der Waals surface area contributed by atoms with Crippen LogP contribution in [-0.2, 0) is 12.8 Å². The smallest absolute Gasteiger partial charge is 0.343 e. The Hall–Kier alpha value is -3.92. The number of carbonyl (C=O) groups excluding carboxylic acids is 2. The molecular weight excluding hydrogens is 665 g/mol. The molecule has 0 aliphatic carbocycles. The Balaban J connectivity index is 1.33. The third-order valence-corrected chi connectivity index (χ3v) is 10.0. The summed E-state index contributed by atoms with van der Waals surface area (Å²) in [5.41, 5.74) is 2.96. The van der Waals surface area contributed by atoms with Crippen LogP contribution in [0.25, 0.3) is 0 Å². The highest BCUT2D eigenvalue weighted by Gasteiger charge is 2.15. The van der Waals surface area contributed by atoms with Crippen LogP contribution in [0.5, 0.6) is 11.5 Å². The van der Waals surface area contributed by atoms with Crippen molar-refractivity contribution in [1.29, 1.82) is 0 Å². The van der Waals surface area contributed by atoms with Gasteiger partial charge in [0.15, 0.2) is 0 Å². The van der Waals surface area contributed by atoms with E-state index >= 15 is 0 Å². The highest BCUT2D eigenvalue weighted by atomic mass is 16.5. The van der Waals surface area contributed by atoms with Crippen LogP contribution in [0, 0.1) is 0 Å². The summed E-state index contributed by atoms with van der Waals surface area (Å²) in [7, 11) is 0. The van der Waals surface area contributed by atoms with E-state index in [2.05, 4.69) is 50.3 Å². The predicted molar refractivity (Wildman–Crippen MR) is 228 cm³/mol. The molecule has 0 aliphatic heterocycles. The Morgan fingerprint density at radius 3 is 1.19 bits per heavy atom. The van der Waals surface area contributed by atoms with Crippen molar-refractivity contribution in [3.8, 4) is 11.5 Å². The average Bonchev–Trinajstić information content (AvgIpc) is 3.19. The van der Waals surface area contributed by atoms with Gasteiger partial charge in [-0.15, -0.1) is 0 Å². The molecule has 0 atom stereocenters. The lowest BCUT2D eigenvalue weighted by Crippen LogP contribution is -2.12. The second kappa shape index (κ2) is 29.4. The SMILES string of the molecule is CCCCCC/C=C\CCCCCCCc1cccc(OC(=O)c2cccc(C(=O)Oc3cccc(CCCCCCC/C=C/CCCCCC)c3)c2)c1. The summed E-state index contributed by atoms with van der Waals surface area (Å²) in [4.78, 5) is 26.1. The van der Waals surface area contributed by atoms with E-state index in [0.717, 1.165) is 36.8 Å². The first-order valence-corrected chi connectivity index (χ1v) is 21.6. The number of rotatable bonds is 30. The Morgan fingerprint density at radius 2 is 0.778 bits per heavy atom. The van der Waals surface area contributed by atoms with E-state index in [9.17, 15) is 9.59 Å². The Bertz CT molecular complexity index is 1390. The number of benzene rings is 3. The molecule has 0 radical (unpaired) electrons. The van der Waals surface area contributed by atoms with E-state index in [1.54, 1.807) is 36.4 Å². The van der Waals surface area contributed by atoms with E-state index in [1.165, 1.54) is 128 Å². The van der Waals surface area contributed by atoms with Crippen molar-refractivity contribution >= 4 is 11.9 Å². The van der Waals surface area contributed by atoms with E-state index in [0.29, 0.717) is 22.6 Å². The Labute approximate surface area is 328 Å². The fraction of sp³-hybridized carbons (Fsp3) is 0.520. The minimum absolute atomic E-state index is 0.313. The molecule has 3 rings (SSSR count). The molecule has 4 heteroatoms. The van der Waals surface area contributed by atoms with Crippen molar-refractivity contribution < 1.29 is 19.1 Å². The molecule has 54 heavy (non-hydrogen) atoms. The first-order chi connectivity index (χ1) is 26.6. The zero-order valence-corrected chi connectivity index (χ0v) is 33.8. The molecular formula is C50H70O4. The van der Waals surface area contributed by atoms with Crippen LogP contribution in [0.15, 0.2) is 97.1 Å². The zero-order chi connectivity index (χ0) is 38.3. The number of hydrogen-bond donors (Lipinski definition) is 0. The van der Waals surface area contributed by atoms with Crippen molar-refractivity contribution in [1.82, 2.24) is 0 Å². The van der Waals surface area contributed by atoms with Gasteiger partial charge < -0.3 is 9.47 Å². The van der Waals surface area contributed by atoms with E-state index < -0.39 is 11.9 Å². The number of ether oxygens (including phenoxy) is 2. The molecule has 294 valence electrons. The van der Waals surface area contributed by atoms with Gasteiger partial charge in [0.25, 0.3) is 0 Å². The number of aryl methyl sites for hydroxylation is 2. The highest BCUT2D eigenvalue weighted by molar-refractivity contribution is 5.96. The molecule has 0 unspecified atom stereocenters. The molecule has 0 N–H and O–H groups in total. The summed E-state index contributed by atoms with van der Waals surface area (Å²) >= 11 is 0. The largest absolute Gasteiger partial charge is 0.423 e.